The summed E-state index contributed by atoms with van der Waals surface area (Å²) in [6.07, 6.45) is 2.51. The van der Waals surface area contributed by atoms with Gasteiger partial charge in [-0.2, -0.15) is 0 Å². The first kappa shape index (κ1) is 15.8. The first-order valence-corrected chi connectivity index (χ1v) is 5.02. The minimum atomic E-state index is -0.840. The molecule has 0 aromatic carbocycles. The molecule has 0 bridgehead atoms. The van der Waals surface area contributed by atoms with Crippen LogP contribution < -0.4 is 0 Å². The van der Waals surface area contributed by atoms with Gasteiger partial charge in [-0.1, -0.05) is 26.3 Å². The van der Waals surface area contributed by atoms with Gasteiger partial charge in [-0.25, -0.2) is 9.18 Å². The lowest BCUT2D eigenvalue weighted by Gasteiger charge is -2.02. The number of nitrogens with zero attached hydrogens (tertiary/aromatic N) is 1. The van der Waals surface area contributed by atoms with E-state index in [4.69, 9.17) is 0 Å². The number of carbonyl (C=O) groups is 1. The van der Waals surface area contributed by atoms with Gasteiger partial charge in [0.25, 0.3) is 0 Å². The molecule has 0 radical (unpaired) electrons. The second-order valence-electron chi connectivity index (χ2n) is 3.54. The van der Waals surface area contributed by atoms with Gasteiger partial charge in [0.2, 0.25) is 0 Å². The quantitative estimate of drug-likeness (QED) is 0.313. The van der Waals surface area contributed by atoms with Crippen LogP contribution in [0.15, 0.2) is 65.6 Å². The molecule has 0 spiro atoms. The Kier molecular flexibility index (Phi) is 6.28. The fourth-order valence-corrected chi connectivity index (χ4v) is 0.815. The molecule has 96 valence electrons. The molecule has 0 heterocycles. The summed E-state index contributed by atoms with van der Waals surface area (Å²) in [6.45, 7) is 15.9. The van der Waals surface area contributed by atoms with Gasteiger partial charge in [-0.15, -0.1) is 0 Å². The van der Waals surface area contributed by atoms with Crippen molar-refractivity contribution in [2.75, 3.05) is 7.11 Å². The highest BCUT2D eigenvalue weighted by Crippen LogP contribution is 2.17. The van der Waals surface area contributed by atoms with Crippen molar-refractivity contribution in [3.8, 4) is 0 Å². The van der Waals surface area contributed by atoms with Gasteiger partial charge < -0.3 is 4.74 Å². The highest BCUT2D eigenvalue weighted by molar-refractivity contribution is 5.92. The smallest absolute Gasteiger partial charge is 0.340 e. The van der Waals surface area contributed by atoms with Crippen LogP contribution in [0, 0.1) is 0 Å². The Morgan fingerprint density at radius 3 is 2.28 bits per heavy atom. The monoisotopic (exact) mass is 249 g/mol. The maximum Gasteiger partial charge on any atom is 0.340 e. The molecule has 18 heavy (non-hydrogen) atoms. The van der Waals surface area contributed by atoms with E-state index in [0.717, 1.165) is 18.8 Å². The van der Waals surface area contributed by atoms with E-state index in [9.17, 15) is 9.18 Å². The molecule has 0 rings (SSSR count). The number of hydrogen-bond acceptors (Lipinski definition) is 3. The van der Waals surface area contributed by atoms with Crippen LogP contribution >= 0.6 is 0 Å². The molecule has 4 heteroatoms. The molecule has 0 fully saturated rings. The molecule has 0 aromatic rings. The molecule has 0 amide bonds. The van der Waals surface area contributed by atoms with E-state index in [1.165, 1.54) is 6.21 Å². The summed E-state index contributed by atoms with van der Waals surface area (Å²) >= 11 is 0. The van der Waals surface area contributed by atoms with Crippen LogP contribution in [0.4, 0.5) is 4.39 Å². The van der Waals surface area contributed by atoms with Gasteiger partial charge >= 0.3 is 5.97 Å². The van der Waals surface area contributed by atoms with E-state index >= 15 is 0 Å². The molecule has 3 nitrogen and oxygen atoms in total. The number of rotatable bonds is 6. The van der Waals surface area contributed by atoms with Gasteiger partial charge in [-0.3, -0.25) is 4.99 Å². The molecular formula is C14H16FNO2. The topological polar surface area (TPSA) is 38.7 Å². The van der Waals surface area contributed by atoms with Gasteiger partial charge in [0.15, 0.2) is 0 Å². The summed E-state index contributed by atoms with van der Waals surface area (Å²) in [5.41, 5.74) is 0.851. The van der Waals surface area contributed by atoms with Gasteiger partial charge in [0, 0.05) is 6.21 Å². The molecular weight excluding hydrogens is 233 g/mol. The van der Waals surface area contributed by atoms with Crippen molar-refractivity contribution in [3.05, 3.63) is 60.6 Å². The average molecular weight is 249 g/mol. The summed E-state index contributed by atoms with van der Waals surface area (Å²) in [5.74, 6) is -1.67. The summed E-state index contributed by atoms with van der Waals surface area (Å²) in [7, 11) is 1.14. The van der Waals surface area contributed by atoms with Gasteiger partial charge in [0.05, 0.1) is 18.4 Å². The van der Waals surface area contributed by atoms with Crippen molar-refractivity contribution >= 4 is 12.2 Å². The lowest BCUT2D eigenvalue weighted by molar-refractivity contribution is -0.135. The van der Waals surface area contributed by atoms with Crippen molar-refractivity contribution in [2.24, 2.45) is 4.99 Å². The summed E-state index contributed by atoms with van der Waals surface area (Å²) in [4.78, 5) is 14.9. The van der Waals surface area contributed by atoms with E-state index in [0.29, 0.717) is 0 Å². The van der Waals surface area contributed by atoms with Crippen LogP contribution in [0.1, 0.15) is 6.92 Å². The molecule has 0 aromatic heterocycles. The summed E-state index contributed by atoms with van der Waals surface area (Å²) < 4.78 is 17.9. The van der Waals surface area contributed by atoms with Crippen LogP contribution in [0.3, 0.4) is 0 Å². The van der Waals surface area contributed by atoms with Crippen LogP contribution in [0.5, 0.6) is 0 Å². The maximum absolute atomic E-state index is 13.5. The average Bonchev–Trinajstić information content (AvgIpc) is 2.33. The van der Waals surface area contributed by atoms with E-state index < -0.39 is 11.8 Å². The predicted octanol–water partition coefficient (Wildman–Crippen LogP) is 3.29. The summed E-state index contributed by atoms with van der Waals surface area (Å²) in [6, 6.07) is 0. The highest BCUT2D eigenvalue weighted by Gasteiger charge is 2.12. The SMILES string of the molecule is C=C(C)C=NC(=C)C(=C)C=C(F)C(=C)C(=O)OC. The van der Waals surface area contributed by atoms with Crippen molar-refractivity contribution in [1.82, 2.24) is 0 Å². The number of allylic oxidation sites excluding steroid dienone is 2. The maximum atomic E-state index is 13.5. The molecule has 0 aliphatic carbocycles. The fourth-order valence-electron chi connectivity index (χ4n) is 0.815. The number of methoxy groups -OCH3 is 1. The van der Waals surface area contributed by atoms with E-state index in [-0.39, 0.29) is 16.8 Å². The second kappa shape index (κ2) is 7.17. The van der Waals surface area contributed by atoms with Crippen LogP contribution in [0.25, 0.3) is 0 Å². The predicted molar refractivity (Wildman–Crippen MR) is 71.9 cm³/mol. The Morgan fingerprint density at radius 2 is 1.83 bits per heavy atom. The molecule has 0 saturated heterocycles. The third-order valence-electron chi connectivity index (χ3n) is 1.83. The molecule has 0 aliphatic heterocycles. The minimum Gasteiger partial charge on any atom is -0.465 e. The van der Waals surface area contributed by atoms with Crippen molar-refractivity contribution in [3.63, 3.8) is 0 Å². The number of aliphatic imine (C=N–C) groups is 1. The number of halogens is 1. The van der Waals surface area contributed by atoms with E-state index in [2.05, 4.69) is 36.0 Å². The van der Waals surface area contributed by atoms with E-state index in [1.807, 2.05) is 0 Å². The Bertz CT molecular complexity index is 470. The van der Waals surface area contributed by atoms with Gasteiger partial charge in [-0.05, 0) is 24.1 Å². The van der Waals surface area contributed by atoms with E-state index in [1.54, 1.807) is 6.92 Å². The van der Waals surface area contributed by atoms with Crippen molar-refractivity contribution < 1.29 is 13.9 Å². The zero-order valence-electron chi connectivity index (χ0n) is 10.6. The Labute approximate surface area is 106 Å². The van der Waals surface area contributed by atoms with Crippen LogP contribution in [0.2, 0.25) is 0 Å². The Hall–Kier alpha value is -2.23. The first-order valence-electron chi connectivity index (χ1n) is 5.02. The third kappa shape index (κ3) is 5.21. The fraction of sp³-hybridized carbons (Fsp3) is 0.143. The largest absolute Gasteiger partial charge is 0.465 e. The second-order valence-corrected chi connectivity index (χ2v) is 3.54. The van der Waals surface area contributed by atoms with Gasteiger partial charge in [0.1, 0.15) is 5.83 Å². The zero-order valence-corrected chi connectivity index (χ0v) is 10.6. The highest BCUT2D eigenvalue weighted by atomic mass is 19.1. The Morgan fingerprint density at radius 1 is 1.28 bits per heavy atom. The number of carbonyl (C=O) groups excluding carboxylic acids is 1. The number of hydrogen-bond donors (Lipinski definition) is 0. The third-order valence-corrected chi connectivity index (χ3v) is 1.83. The minimum absolute atomic E-state index is 0.232. The summed E-state index contributed by atoms with van der Waals surface area (Å²) in [5, 5.41) is 0. The molecule has 0 saturated carbocycles. The first-order chi connectivity index (χ1) is 8.29. The van der Waals surface area contributed by atoms with Crippen LogP contribution in [-0.2, 0) is 9.53 Å². The molecule has 0 aliphatic rings. The Balaban J connectivity index is 4.83. The molecule has 0 atom stereocenters. The number of esters is 1. The van der Waals surface area contributed by atoms with Crippen molar-refractivity contribution in [1.29, 1.82) is 0 Å². The lowest BCUT2D eigenvalue weighted by atomic mass is 10.1. The standard InChI is InChI=1S/C14H16FNO2/c1-9(2)8-16-12(5)10(3)7-13(15)11(4)14(17)18-6/h7-8H,1,3-5H2,2,6H3. The molecule has 0 N–H and O–H groups in total. The van der Waals surface area contributed by atoms with Crippen molar-refractivity contribution in [2.45, 2.75) is 6.92 Å². The number of ether oxygens (including phenoxy) is 1. The molecule has 0 unspecified atom stereocenters. The van der Waals surface area contributed by atoms with Crippen LogP contribution in [-0.4, -0.2) is 19.3 Å². The normalized spacial score (nSPS) is 11.2. The zero-order chi connectivity index (χ0) is 14.3. The lowest BCUT2D eigenvalue weighted by Crippen LogP contribution is -2.04.